The van der Waals surface area contributed by atoms with E-state index in [0.29, 0.717) is 5.52 Å². The van der Waals surface area contributed by atoms with Crippen LogP contribution in [-0.2, 0) is 21.1 Å². The van der Waals surface area contributed by atoms with Crippen LogP contribution in [-0.4, -0.2) is 15.1 Å². The predicted molar refractivity (Wildman–Crippen MR) is 153 cm³/mol. The number of para-hydroxylation sites is 4. The molecule has 0 saturated carbocycles. The molecule has 0 amide bonds. The van der Waals surface area contributed by atoms with Crippen LogP contribution in [0.1, 0.15) is 5.56 Å². The largest absolute Gasteiger partial charge is 0.506 e. The fourth-order valence-electron chi connectivity index (χ4n) is 5.08. The summed E-state index contributed by atoms with van der Waals surface area (Å²) in [6, 6.07) is 40.0. The molecule has 2 aromatic heterocycles. The second-order valence-electron chi connectivity index (χ2n) is 9.34. The van der Waals surface area contributed by atoms with E-state index in [9.17, 15) is 5.11 Å². The molecule has 5 nitrogen and oxygen atoms in total. The van der Waals surface area contributed by atoms with E-state index in [0.717, 1.165) is 56.5 Å². The molecule has 6 aromatic rings. The molecule has 0 saturated heterocycles. The second-order valence-corrected chi connectivity index (χ2v) is 9.34. The molecule has 0 bridgehead atoms. The number of fused-ring (bicyclic) bond motifs is 3. The summed E-state index contributed by atoms with van der Waals surface area (Å²) in [6.45, 7) is 2.07. The molecule has 0 atom stereocenters. The molecule has 1 aliphatic heterocycles. The van der Waals surface area contributed by atoms with E-state index < -0.39 is 0 Å². The number of phenolic OH excluding ortho intramolecular Hbond substituents is 1. The van der Waals surface area contributed by atoms with Gasteiger partial charge in [0, 0.05) is 38.3 Å². The first-order chi connectivity index (χ1) is 18.7. The van der Waals surface area contributed by atoms with Crippen molar-refractivity contribution in [2.75, 3.05) is 9.80 Å². The quantitative estimate of drug-likeness (QED) is 0.190. The van der Waals surface area contributed by atoms with Gasteiger partial charge in [0.15, 0.2) is 0 Å². The Labute approximate surface area is 241 Å². The minimum Gasteiger partial charge on any atom is -0.506 e. The molecule has 39 heavy (non-hydrogen) atoms. The van der Waals surface area contributed by atoms with Crippen molar-refractivity contribution < 1.29 is 26.2 Å². The van der Waals surface area contributed by atoms with Crippen molar-refractivity contribution in [2.45, 2.75) is 6.92 Å². The standard InChI is InChI=1S/C33H23N4O.Pt/c1-22-18-19-34-32(20-22)37-28-12-6-5-11-27(28)36(25-9-3-2-4-10-25)29-17-15-24(21-30(29)37)26-16-14-23-8-7-13-31(38)33(23)35-26;/h2-20,38H,1H3;/q-1;. The van der Waals surface area contributed by atoms with Crippen molar-refractivity contribution in [1.29, 1.82) is 0 Å². The van der Waals surface area contributed by atoms with Crippen molar-refractivity contribution in [3.63, 3.8) is 0 Å². The third-order valence-electron chi connectivity index (χ3n) is 6.85. The normalized spacial score (nSPS) is 12.0. The molecule has 1 N–H and O–H groups in total. The van der Waals surface area contributed by atoms with Crippen molar-refractivity contribution in [1.82, 2.24) is 9.97 Å². The van der Waals surface area contributed by atoms with Crippen LogP contribution in [0.25, 0.3) is 22.2 Å². The zero-order valence-electron chi connectivity index (χ0n) is 21.0. The average molecular weight is 687 g/mol. The van der Waals surface area contributed by atoms with Crippen LogP contribution < -0.4 is 9.80 Å². The van der Waals surface area contributed by atoms with Crippen LogP contribution in [0.3, 0.4) is 0 Å². The van der Waals surface area contributed by atoms with Crippen molar-refractivity contribution >= 4 is 45.2 Å². The molecule has 0 unspecified atom stereocenters. The Bertz CT molecular complexity index is 1820. The van der Waals surface area contributed by atoms with E-state index in [1.165, 1.54) is 0 Å². The first-order valence-electron chi connectivity index (χ1n) is 12.5. The van der Waals surface area contributed by atoms with Crippen molar-refractivity contribution in [3.05, 3.63) is 127 Å². The first-order valence-corrected chi connectivity index (χ1v) is 12.5. The van der Waals surface area contributed by atoms with Gasteiger partial charge < -0.3 is 14.9 Å². The summed E-state index contributed by atoms with van der Waals surface area (Å²) in [5.41, 5.74) is 8.28. The summed E-state index contributed by atoms with van der Waals surface area (Å²) < 4.78 is 0. The van der Waals surface area contributed by atoms with Gasteiger partial charge >= 0.3 is 0 Å². The summed E-state index contributed by atoms with van der Waals surface area (Å²) in [7, 11) is 0. The summed E-state index contributed by atoms with van der Waals surface area (Å²) in [5, 5.41) is 11.3. The van der Waals surface area contributed by atoms with Crippen LogP contribution in [0.5, 0.6) is 5.75 Å². The van der Waals surface area contributed by atoms with Gasteiger partial charge in [0.2, 0.25) is 0 Å². The number of aromatic hydroxyl groups is 1. The van der Waals surface area contributed by atoms with Crippen molar-refractivity contribution in [2.24, 2.45) is 0 Å². The van der Waals surface area contributed by atoms with Gasteiger partial charge in [0.1, 0.15) is 17.1 Å². The second kappa shape index (κ2) is 10.0. The van der Waals surface area contributed by atoms with Crippen LogP contribution in [0.2, 0.25) is 0 Å². The Kier molecular flexibility index (Phi) is 6.38. The number of benzene rings is 4. The summed E-state index contributed by atoms with van der Waals surface area (Å²) >= 11 is 0. The van der Waals surface area contributed by atoms with Gasteiger partial charge in [-0.1, -0.05) is 54.6 Å². The molecule has 7 rings (SSSR count). The SMILES string of the molecule is Cc1ccnc(N2c3[c-]c(-c4ccc5cccc(O)c5n4)ccc3N(c3ccccc3)c3ccccc32)c1.[Pt]. The predicted octanol–water partition coefficient (Wildman–Crippen LogP) is 8.36. The number of hydrogen-bond donors (Lipinski definition) is 1. The van der Waals surface area contributed by atoms with Crippen LogP contribution >= 0.6 is 0 Å². The molecule has 0 fully saturated rings. The van der Waals surface area contributed by atoms with Gasteiger partial charge in [0.05, 0.1) is 11.4 Å². The van der Waals surface area contributed by atoms with Crippen LogP contribution in [0.15, 0.2) is 115 Å². The summed E-state index contributed by atoms with van der Waals surface area (Å²) in [5.74, 6) is 0.987. The smallest absolute Gasteiger partial charge is 0.140 e. The van der Waals surface area contributed by atoms with Gasteiger partial charge in [-0.2, -0.15) is 0 Å². The van der Waals surface area contributed by atoms with E-state index in [1.807, 2.05) is 54.7 Å². The zero-order chi connectivity index (χ0) is 25.6. The van der Waals surface area contributed by atoms with E-state index in [1.54, 1.807) is 6.07 Å². The van der Waals surface area contributed by atoms with Gasteiger partial charge in [-0.15, -0.1) is 23.8 Å². The monoisotopic (exact) mass is 686 g/mol. The fraction of sp³-hybridized carbons (Fsp3) is 0.0303. The van der Waals surface area contributed by atoms with E-state index in [4.69, 9.17) is 9.97 Å². The molecule has 0 radical (unpaired) electrons. The number of phenols is 1. The molecular weight excluding hydrogens is 663 g/mol. The molecule has 0 aliphatic carbocycles. The zero-order valence-corrected chi connectivity index (χ0v) is 23.3. The number of aromatic nitrogens is 2. The topological polar surface area (TPSA) is 52.5 Å². The Morgan fingerprint density at radius 1 is 0.718 bits per heavy atom. The maximum absolute atomic E-state index is 10.4. The molecular formula is C33H23N4OPt-. The fourth-order valence-corrected chi connectivity index (χ4v) is 5.08. The molecule has 4 aromatic carbocycles. The summed E-state index contributed by atoms with van der Waals surface area (Å²) in [4.78, 5) is 14.0. The van der Waals surface area contributed by atoms with E-state index in [2.05, 4.69) is 77.4 Å². The maximum atomic E-state index is 10.4. The Morgan fingerprint density at radius 2 is 1.49 bits per heavy atom. The van der Waals surface area contributed by atoms with Gasteiger partial charge in [0.25, 0.3) is 0 Å². The van der Waals surface area contributed by atoms with E-state index >= 15 is 0 Å². The number of anilines is 6. The molecule has 0 spiro atoms. The van der Waals surface area contributed by atoms with Crippen LogP contribution in [0.4, 0.5) is 34.3 Å². The van der Waals surface area contributed by atoms with Crippen molar-refractivity contribution in [3.8, 4) is 17.0 Å². The summed E-state index contributed by atoms with van der Waals surface area (Å²) in [6.07, 6.45) is 1.84. The van der Waals surface area contributed by atoms with Crippen LogP contribution in [0, 0.1) is 13.0 Å². The molecule has 192 valence electrons. The minimum atomic E-state index is 0. The maximum Gasteiger partial charge on any atom is 0.140 e. The third-order valence-corrected chi connectivity index (χ3v) is 6.85. The number of pyridine rings is 2. The Balaban J connectivity index is 0.00000277. The van der Waals surface area contributed by atoms with E-state index in [-0.39, 0.29) is 26.8 Å². The number of rotatable bonds is 3. The van der Waals surface area contributed by atoms with Gasteiger partial charge in [-0.25, -0.2) is 4.98 Å². The molecule has 1 aliphatic rings. The number of nitrogens with zero attached hydrogens (tertiary/aromatic N) is 4. The number of aryl methyl sites for hydroxylation is 1. The molecule has 3 heterocycles. The number of hydrogen-bond acceptors (Lipinski definition) is 5. The minimum absolute atomic E-state index is 0. The average Bonchev–Trinajstić information content (AvgIpc) is 2.96. The Hall–Kier alpha value is -4.47. The Morgan fingerprint density at radius 3 is 2.28 bits per heavy atom. The van der Waals surface area contributed by atoms with Gasteiger partial charge in [-0.3, -0.25) is 4.98 Å². The third kappa shape index (κ3) is 4.25. The molecule has 6 heteroatoms. The first kappa shape index (κ1) is 24.8. The van der Waals surface area contributed by atoms with Gasteiger partial charge in [-0.05, 0) is 72.0 Å².